The summed E-state index contributed by atoms with van der Waals surface area (Å²) in [5.41, 5.74) is 2.33. The molecule has 2 aromatic heterocycles. The molecule has 5 aromatic rings. The van der Waals surface area contributed by atoms with Gasteiger partial charge in [-0.3, -0.25) is 0 Å². The molecular formula is C21H13Cl2N5. The van der Waals surface area contributed by atoms with Crippen LogP contribution in [0.3, 0.4) is 0 Å². The van der Waals surface area contributed by atoms with Crippen molar-refractivity contribution in [1.82, 2.24) is 19.8 Å². The first-order valence-corrected chi connectivity index (χ1v) is 9.38. The van der Waals surface area contributed by atoms with E-state index in [9.17, 15) is 0 Å². The Morgan fingerprint density at radius 2 is 1.46 bits per heavy atom. The van der Waals surface area contributed by atoms with Crippen molar-refractivity contribution in [2.24, 2.45) is 0 Å². The van der Waals surface area contributed by atoms with Crippen LogP contribution in [0.5, 0.6) is 0 Å². The van der Waals surface area contributed by atoms with Crippen LogP contribution in [0.15, 0.2) is 72.8 Å². The fourth-order valence-corrected chi connectivity index (χ4v) is 3.50. The summed E-state index contributed by atoms with van der Waals surface area (Å²) in [4.78, 5) is 0. The quantitative estimate of drug-likeness (QED) is 0.400. The van der Waals surface area contributed by atoms with Gasteiger partial charge in [-0.25, -0.2) is 0 Å². The number of nitrogens with zero attached hydrogens (tertiary/aromatic N) is 4. The normalized spacial score (nSPS) is 11.2. The monoisotopic (exact) mass is 405 g/mol. The van der Waals surface area contributed by atoms with Crippen LogP contribution in [0.2, 0.25) is 10.0 Å². The molecule has 0 aliphatic carbocycles. The maximum absolute atomic E-state index is 6.38. The van der Waals surface area contributed by atoms with Gasteiger partial charge in [0.2, 0.25) is 0 Å². The van der Waals surface area contributed by atoms with E-state index < -0.39 is 0 Å². The number of halogens is 2. The largest absolute Gasteiger partial charge is 0.338 e. The molecule has 0 spiro atoms. The minimum absolute atomic E-state index is 0.588. The van der Waals surface area contributed by atoms with E-state index in [4.69, 9.17) is 28.3 Å². The van der Waals surface area contributed by atoms with Crippen molar-refractivity contribution in [2.45, 2.75) is 0 Å². The Morgan fingerprint density at radius 3 is 2.25 bits per heavy atom. The van der Waals surface area contributed by atoms with Crippen LogP contribution < -0.4 is 5.32 Å². The smallest absolute Gasteiger partial charge is 0.186 e. The fraction of sp³-hybridized carbons (Fsp3) is 0. The van der Waals surface area contributed by atoms with Gasteiger partial charge in [-0.05, 0) is 36.4 Å². The molecule has 0 bridgehead atoms. The van der Waals surface area contributed by atoms with Gasteiger partial charge in [-0.1, -0.05) is 59.6 Å². The fourth-order valence-electron chi connectivity index (χ4n) is 3.15. The van der Waals surface area contributed by atoms with Gasteiger partial charge in [0.25, 0.3) is 0 Å². The number of anilines is 2. The molecule has 1 N–H and O–H groups in total. The molecule has 7 heteroatoms. The summed E-state index contributed by atoms with van der Waals surface area (Å²) in [7, 11) is 0. The summed E-state index contributed by atoms with van der Waals surface area (Å²) in [5.74, 6) is 1.28. The summed E-state index contributed by atoms with van der Waals surface area (Å²) in [6.07, 6.45) is 0. The standard InChI is InChI=1S/C21H13Cl2N5/c22-13-9-11-14(12-10-13)24-19-15-5-1-2-6-16(15)20-25-26-21(28(20)27-19)17-7-3-4-8-18(17)23/h1-12H,(H,24,27). The Bertz CT molecular complexity index is 1310. The van der Waals surface area contributed by atoms with Crippen molar-refractivity contribution in [3.05, 3.63) is 82.8 Å². The minimum Gasteiger partial charge on any atom is -0.338 e. The summed E-state index contributed by atoms with van der Waals surface area (Å²) < 4.78 is 1.72. The summed E-state index contributed by atoms with van der Waals surface area (Å²) in [5, 5.41) is 20.1. The molecule has 0 radical (unpaired) electrons. The lowest BCUT2D eigenvalue weighted by Crippen LogP contribution is -2.02. The second kappa shape index (κ2) is 6.78. The highest BCUT2D eigenvalue weighted by Crippen LogP contribution is 2.31. The summed E-state index contributed by atoms with van der Waals surface area (Å²) in [6, 6.07) is 23.0. The van der Waals surface area contributed by atoms with E-state index in [0.717, 1.165) is 22.0 Å². The third kappa shape index (κ3) is 2.85. The van der Waals surface area contributed by atoms with E-state index in [1.54, 1.807) is 4.52 Å². The van der Waals surface area contributed by atoms with Gasteiger partial charge in [-0.15, -0.1) is 15.3 Å². The predicted molar refractivity (Wildman–Crippen MR) is 113 cm³/mol. The zero-order valence-corrected chi connectivity index (χ0v) is 16.0. The molecule has 5 rings (SSSR count). The Labute approximate surface area is 170 Å². The van der Waals surface area contributed by atoms with E-state index in [2.05, 4.69) is 15.5 Å². The maximum atomic E-state index is 6.38. The molecule has 0 aliphatic heterocycles. The van der Waals surface area contributed by atoms with Gasteiger partial charge in [0.05, 0.1) is 5.02 Å². The molecule has 5 nitrogen and oxygen atoms in total. The molecule has 0 fully saturated rings. The zero-order valence-electron chi connectivity index (χ0n) is 14.5. The van der Waals surface area contributed by atoms with E-state index in [-0.39, 0.29) is 0 Å². The van der Waals surface area contributed by atoms with Crippen LogP contribution in [0.25, 0.3) is 27.8 Å². The van der Waals surface area contributed by atoms with Crippen LogP contribution in [0.1, 0.15) is 0 Å². The highest BCUT2D eigenvalue weighted by molar-refractivity contribution is 6.33. The van der Waals surface area contributed by atoms with Gasteiger partial charge in [-0.2, -0.15) is 4.52 Å². The Morgan fingerprint density at radius 1 is 0.750 bits per heavy atom. The van der Waals surface area contributed by atoms with Crippen LogP contribution in [-0.2, 0) is 0 Å². The van der Waals surface area contributed by atoms with Crippen molar-refractivity contribution >= 4 is 51.1 Å². The number of rotatable bonds is 3. The number of hydrogen-bond acceptors (Lipinski definition) is 4. The number of aromatic nitrogens is 4. The minimum atomic E-state index is 0.588. The lowest BCUT2D eigenvalue weighted by molar-refractivity contribution is 0.951. The first kappa shape index (κ1) is 17.0. The van der Waals surface area contributed by atoms with Crippen molar-refractivity contribution in [1.29, 1.82) is 0 Å². The SMILES string of the molecule is Clc1ccc(Nc2nn3c(-c4ccccc4Cl)nnc3c3ccccc23)cc1. The molecule has 136 valence electrons. The first-order chi connectivity index (χ1) is 13.7. The molecular weight excluding hydrogens is 393 g/mol. The van der Waals surface area contributed by atoms with Crippen LogP contribution in [0, 0.1) is 0 Å². The average Bonchev–Trinajstić information content (AvgIpc) is 3.14. The van der Waals surface area contributed by atoms with Crippen molar-refractivity contribution in [3.8, 4) is 11.4 Å². The van der Waals surface area contributed by atoms with Crippen molar-refractivity contribution < 1.29 is 0 Å². The molecule has 0 saturated carbocycles. The van der Waals surface area contributed by atoms with Crippen LogP contribution in [0.4, 0.5) is 11.5 Å². The highest BCUT2D eigenvalue weighted by atomic mass is 35.5. The van der Waals surface area contributed by atoms with E-state index in [0.29, 0.717) is 27.3 Å². The van der Waals surface area contributed by atoms with E-state index >= 15 is 0 Å². The van der Waals surface area contributed by atoms with Crippen molar-refractivity contribution in [2.75, 3.05) is 5.32 Å². The molecule has 2 heterocycles. The van der Waals surface area contributed by atoms with Gasteiger partial charge in [0.1, 0.15) is 0 Å². The Hall–Kier alpha value is -3.15. The molecule has 0 unspecified atom stereocenters. The van der Waals surface area contributed by atoms with Gasteiger partial charge in [0, 0.05) is 27.0 Å². The van der Waals surface area contributed by atoms with Crippen LogP contribution >= 0.6 is 23.2 Å². The highest BCUT2D eigenvalue weighted by Gasteiger charge is 2.17. The predicted octanol–water partition coefficient (Wildman–Crippen LogP) is 5.99. The van der Waals surface area contributed by atoms with Crippen LogP contribution in [-0.4, -0.2) is 19.8 Å². The molecule has 0 amide bonds. The third-order valence-electron chi connectivity index (χ3n) is 4.49. The lowest BCUT2D eigenvalue weighted by atomic mass is 10.1. The molecule has 0 saturated heterocycles. The van der Waals surface area contributed by atoms with Gasteiger partial charge in [0.15, 0.2) is 17.3 Å². The van der Waals surface area contributed by atoms with Gasteiger partial charge < -0.3 is 5.32 Å². The number of benzene rings is 3. The second-order valence-electron chi connectivity index (χ2n) is 6.26. The Balaban J connectivity index is 1.75. The second-order valence-corrected chi connectivity index (χ2v) is 7.11. The van der Waals surface area contributed by atoms with E-state index in [1.807, 2.05) is 72.8 Å². The summed E-state index contributed by atoms with van der Waals surface area (Å²) in [6.45, 7) is 0. The molecule has 28 heavy (non-hydrogen) atoms. The zero-order chi connectivity index (χ0) is 19.1. The van der Waals surface area contributed by atoms with E-state index in [1.165, 1.54) is 0 Å². The lowest BCUT2D eigenvalue weighted by Gasteiger charge is -2.11. The molecule has 3 aromatic carbocycles. The summed E-state index contributed by atoms with van der Waals surface area (Å²) >= 11 is 12.4. The van der Waals surface area contributed by atoms with Crippen molar-refractivity contribution in [3.63, 3.8) is 0 Å². The van der Waals surface area contributed by atoms with Gasteiger partial charge >= 0.3 is 0 Å². The maximum Gasteiger partial charge on any atom is 0.186 e. The Kier molecular flexibility index (Phi) is 4.11. The number of fused-ring (bicyclic) bond motifs is 3. The molecule has 0 atom stereocenters. The average molecular weight is 406 g/mol. The number of nitrogens with one attached hydrogen (secondary N) is 1. The first-order valence-electron chi connectivity index (χ1n) is 8.62. The number of hydrogen-bond donors (Lipinski definition) is 1. The topological polar surface area (TPSA) is 55.1 Å². The molecule has 0 aliphatic rings. The third-order valence-corrected chi connectivity index (χ3v) is 5.07.